The maximum absolute atomic E-state index is 13.0. The molecular formula is C11H11F2N3O. The van der Waals surface area contributed by atoms with E-state index in [0.717, 1.165) is 12.1 Å². The lowest BCUT2D eigenvalue weighted by atomic mass is 10.2. The summed E-state index contributed by atoms with van der Waals surface area (Å²) in [5.74, 6) is -1.18. The average Bonchev–Trinajstić information content (AvgIpc) is 2.79. The summed E-state index contributed by atoms with van der Waals surface area (Å²) in [5.41, 5.74) is 0.368. The van der Waals surface area contributed by atoms with Gasteiger partial charge in [-0.25, -0.2) is 8.78 Å². The van der Waals surface area contributed by atoms with E-state index in [9.17, 15) is 8.78 Å². The molecule has 17 heavy (non-hydrogen) atoms. The molecule has 0 atom stereocenters. The first-order chi connectivity index (χ1) is 8.20. The van der Waals surface area contributed by atoms with Crippen molar-refractivity contribution in [2.75, 3.05) is 13.6 Å². The normalized spacial score (nSPS) is 10.8. The Labute approximate surface area is 96.7 Å². The van der Waals surface area contributed by atoms with Crippen molar-refractivity contribution in [3.05, 3.63) is 35.7 Å². The lowest BCUT2D eigenvalue weighted by Crippen LogP contribution is -2.10. The highest BCUT2D eigenvalue weighted by Gasteiger charge is 2.10. The number of aromatic nitrogens is 2. The van der Waals surface area contributed by atoms with Gasteiger partial charge in [0.05, 0.1) is 0 Å². The van der Waals surface area contributed by atoms with Crippen molar-refractivity contribution in [1.82, 2.24) is 15.5 Å². The quantitative estimate of drug-likeness (QED) is 0.883. The Balaban J connectivity index is 2.21. The Hall–Kier alpha value is -1.82. The van der Waals surface area contributed by atoms with Gasteiger partial charge in [0, 0.05) is 18.5 Å². The average molecular weight is 239 g/mol. The summed E-state index contributed by atoms with van der Waals surface area (Å²) in [4.78, 5) is 0. The van der Waals surface area contributed by atoms with Gasteiger partial charge in [0.1, 0.15) is 0 Å². The van der Waals surface area contributed by atoms with Gasteiger partial charge < -0.3 is 9.73 Å². The Morgan fingerprint density at radius 2 is 2.06 bits per heavy atom. The molecule has 4 nitrogen and oxygen atoms in total. The molecule has 0 aliphatic carbocycles. The SMILES string of the molecule is CNCCc1nnc(-c2ccc(F)c(F)c2)o1. The molecule has 0 aliphatic heterocycles. The van der Waals surface area contributed by atoms with Gasteiger partial charge in [-0.2, -0.15) is 0 Å². The Morgan fingerprint density at radius 3 is 2.76 bits per heavy atom. The highest BCUT2D eigenvalue weighted by Crippen LogP contribution is 2.20. The molecule has 2 aromatic rings. The minimum absolute atomic E-state index is 0.190. The number of halogens is 2. The molecule has 0 saturated carbocycles. The zero-order valence-electron chi connectivity index (χ0n) is 9.20. The van der Waals surface area contributed by atoms with Gasteiger partial charge in [-0.3, -0.25) is 0 Å². The van der Waals surface area contributed by atoms with Crippen LogP contribution in [-0.2, 0) is 6.42 Å². The first-order valence-corrected chi connectivity index (χ1v) is 5.13. The van der Waals surface area contributed by atoms with Gasteiger partial charge in [-0.1, -0.05) is 0 Å². The largest absolute Gasteiger partial charge is 0.421 e. The van der Waals surface area contributed by atoms with Crippen molar-refractivity contribution < 1.29 is 13.2 Å². The number of hydrogen-bond donors (Lipinski definition) is 1. The number of rotatable bonds is 4. The third-order valence-corrected chi connectivity index (χ3v) is 2.22. The molecule has 1 aromatic carbocycles. The molecule has 0 fully saturated rings. The van der Waals surface area contributed by atoms with Crippen LogP contribution in [0.3, 0.4) is 0 Å². The summed E-state index contributed by atoms with van der Waals surface area (Å²) in [5, 5.41) is 10.5. The van der Waals surface area contributed by atoms with Crippen LogP contribution in [0.25, 0.3) is 11.5 Å². The molecule has 1 aromatic heterocycles. The van der Waals surface area contributed by atoms with Crippen LogP contribution < -0.4 is 5.32 Å². The Bertz CT molecular complexity index is 513. The topological polar surface area (TPSA) is 51.0 Å². The maximum Gasteiger partial charge on any atom is 0.247 e. The molecule has 0 saturated heterocycles. The second-order valence-corrected chi connectivity index (χ2v) is 3.48. The van der Waals surface area contributed by atoms with Crippen LogP contribution in [0, 0.1) is 11.6 Å². The van der Waals surface area contributed by atoms with Gasteiger partial charge in [0.2, 0.25) is 11.8 Å². The predicted molar refractivity (Wildman–Crippen MR) is 57.3 cm³/mol. The number of benzene rings is 1. The third kappa shape index (κ3) is 2.65. The zero-order chi connectivity index (χ0) is 12.3. The summed E-state index contributed by atoms with van der Waals surface area (Å²) in [7, 11) is 1.81. The van der Waals surface area contributed by atoms with E-state index in [-0.39, 0.29) is 5.89 Å². The van der Waals surface area contributed by atoms with Crippen LogP contribution in [-0.4, -0.2) is 23.8 Å². The Kier molecular flexibility index (Phi) is 3.43. The van der Waals surface area contributed by atoms with E-state index in [0.29, 0.717) is 24.4 Å². The fourth-order valence-corrected chi connectivity index (χ4v) is 1.33. The highest BCUT2D eigenvalue weighted by molar-refractivity contribution is 5.52. The molecule has 0 bridgehead atoms. The van der Waals surface area contributed by atoms with Gasteiger partial charge in [-0.15, -0.1) is 10.2 Å². The molecule has 0 amide bonds. The summed E-state index contributed by atoms with van der Waals surface area (Å²) >= 11 is 0. The first kappa shape index (κ1) is 11.7. The molecule has 0 spiro atoms. The van der Waals surface area contributed by atoms with Crippen LogP contribution in [0.2, 0.25) is 0 Å². The highest BCUT2D eigenvalue weighted by atomic mass is 19.2. The standard InChI is InChI=1S/C11H11F2N3O/c1-14-5-4-10-15-16-11(17-10)7-2-3-8(12)9(13)6-7/h2-3,6,14H,4-5H2,1H3. The van der Waals surface area contributed by atoms with Crippen LogP contribution in [0.15, 0.2) is 22.6 Å². The maximum atomic E-state index is 13.0. The van der Waals surface area contributed by atoms with Gasteiger partial charge in [-0.05, 0) is 25.2 Å². The summed E-state index contributed by atoms with van der Waals surface area (Å²) in [6, 6.07) is 3.46. The lowest BCUT2D eigenvalue weighted by Gasteiger charge is -1.96. The van der Waals surface area contributed by atoms with Crippen LogP contribution in [0.1, 0.15) is 5.89 Å². The van der Waals surface area contributed by atoms with Gasteiger partial charge in [0.25, 0.3) is 0 Å². The predicted octanol–water partition coefficient (Wildman–Crippen LogP) is 1.78. The minimum Gasteiger partial charge on any atom is -0.421 e. The van der Waals surface area contributed by atoms with Crippen molar-refractivity contribution in [3.8, 4) is 11.5 Å². The number of hydrogen-bond acceptors (Lipinski definition) is 4. The molecule has 1 heterocycles. The molecule has 0 unspecified atom stereocenters. The van der Waals surface area contributed by atoms with E-state index in [1.54, 1.807) is 0 Å². The Morgan fingerprint density at radius 1 is 1.24 bits per heavy atom. The van der Waals surface area contributed by atoms with Crippen LogP contribution >= 0.6 is 0 Å². The number of nitrogens with zero attached hydrogens (tertiary/aromatic N) is 2. The molecule has 0 radical (unpaired) electrons. The van der Waals surface area contributed by atoms with E-state index in [4.69, 9.17) is 4.42 Å². The first-order valence-electron chi connectivity index (χ1n) is 5.13. The second kappa shape index (κ2) is 5.01. The summed E-state index contributed by atoms with van der Waals surface area (Å²) < 4.78 is 31.1. The van der Waals surface area contributed by atoms with Crippen molar-refractivity contribution in [2.24, 2.45) is 0 Å². The van der Waals surface area contributed by atoms with Crippen molar-refractivity contribution in [3.63, 3.8) is 0 Å². The van der Waals surface area contributed by atoms with E-state index < -0.39 is 11.6 Å². The zero-order valence-corrected chi connectivity index (χ0v) is 9.20. The monoisotopic (exact) mass is 239 g/mol. The minimum atomic E-state index is -0.933. The van der Waals surface area contributed by atoms with Crippen molar-refractivity contribution >= 4 is 0 Å². The van der Waals surface area contributed by atoms with Gasteiger partial charge >= 0.3 is 0 Å². The van der Waals surface area contributed by atoms with E-state index in [2.05, 4.69) is 15.5 Å². The number of likely N-dealkylation sites (N-methyl/N-ethyl adjacent to an activating group) is 1. The van der Waals surface area contributed by atoms with Crippen LogP contribution in [0.4, 0.5) is 8.78 Å². The molecule has 90 valence electrons. The fourth-order valence-electron chi connectivity index (χ4n) is 1.33. The third-order valence-electron chi connectivity index (χ3n) is 2.22. The smallest absolute Gasteiger partial charge is 0.247 e. The number of nitrogens with one attached hydrogen (secondary N) is 1. The van der Waals surface area contributed by atoms with Gasteiger partial charge in [0.15, 0.2) is 11.6 Å². The molecule has 0 aliphatic rings. The summed E-state index contributed by atoms with van der Waals surface area (Å²) in [6.45, 7) is 0.708. The van der Waals surface area contributed by atoms with Crippen molar-refractivity contribution in [2.45, 2.75) is 6.42 Å². The molecule has 2 rings (SSSR count). The van der Waals surface area contributed by atoms with E-state index in [1.165, 1.54) is 6.07 Å². The second-order valence-electron chi connectivity index (χ2n) is 3.48. The molecular weight excluding hydrogens is 228 g/mol. The molecule has 1 N–H and O–H groups in total. The van der Waals surface area contributed by atoms with E-state index >= 15 is 0 Å². The lowest BCUT2D eigenvalue weighted by molar-refractivity contribution is 0.495. The van der Waals surface area contributed by atoms with Crippen molar-refractivity contribution in [1.29, 1.82) is 0 Å². The molecule has 6 heteroatoms. The summed E-state index contributed by atoms with van der Waals surface area (Å²) in [6.07, 6.45) is 0.590. The fraction of sp³-hybridized carbons (Fsp3) is 0.273. The van der Waals surface area contributed by atoms with E-state index in [1.807, 2.05) is 7.05 Å². The van der Waals surface area contributed by atoms with Crippen LogP contribution in [0.5, 0.6) is 0 Å².